The maximum Gasteiger partial charge on any atom is 0.410 e. The molecule has 3 rings (SSSR count). The van der Waals surface area contributed by atoms with Crippen LogP contribution in [0.3, 0.4) is 0 Å². The number of aliphatic hydroxyl groups is 1. The molecule has 1 aliphatic heterocycles. The molecule has 0 spiro atoms. The molecule has 0 aromatic carbocycles. The predicted molar refractivity (Wildman–Crippen MR) is 79.2 cm³/mol. The van der Waals surface area contributed by atoms with E-state index in [0.717, 1.165) is 12.2 Å². The SMILES string of the molecule is CC(C)(C)OC(=O)N1CCc2c(nnn2CC2CC2)[C@@H]1CO. The first-order valence-corrected chi connectivity index (χ1v) is 7.92. The third kappa shape index (κ3) is 3.09. The summed E-state index contributed by atoms with van der Waals surface area (Å²) in [6, 6.07) is -0.466. The van der Waals surface area contributed by atoms with Crippen molar-refractivity contribution in [2.75, 3.05) is 13.2 Å². The van der Waals surface area contributed by atoms with Gasteiger partial charge in [-0.3, -0.25) is 4.90 Å². The molecule has 7 heteroatoms. The van der Waals surface area contributed by atoms with E-state index in [2.05, 4.69) is 10.3 Å². The van der Waals surface area contributed by atoms with E-state index in [-0.39, 0.29) is 6.61 Å². The van der Waals surface area contributed by atoms with E-state index < -0.39 is 17.7 Å². The molecule has 122 valence electrons. The van der Waals surface area contributed by atoms with Crippen LogP contribution in [0.25, 0.3) is 0 Å². The highest BCUT2D eigenvalue weighted by Crippen LogP contribution is 2.33. The summed E-state index contributed by atoms with van der Waals surface area (Å²) < 4.78 is 7.37. The van der Waals surface area contributed by atoms with Gasteiger partial charge in [0.15, 0.2) is 0 Å². The summed E-state index contributed by atoms with van der Waals surface area (Å²) >= 11 is 0. The van der Waals surface area contributed by atoms with Crippen LogP contribution in [-0.4, -0.2) is 49.8 Å². The number of hydrogen-bond donors (Lipinski definition) is 1. The molecule has 2 heterocycles. The standard InChI is InChI=1S/C15H24N4O3/c1-15(2,3)22-14(21)18-7-6-11-13(12(18)9-20)16-17-19(11)8-10-4-5-10/h10,12,20H,4-9H2,1-3H3/t12-/m0/s1. The number of fused-ring (bicyclic) bond motifs is 1. The molecule has 1 fully saturated rings. The minimum Gasteiger partial charge on any atom is -0.444 e. The number of aromatic nitrogens is 3. The molecule has 7 nitrogen and oxygen atoms in total. The summed E-state index contributed by atoms with van der Waals surface area (Å²) in [5.41, 5.74) is 1.20. The lowest BCUT2D eigenvalue weighted by molar-refractivity contribution is 0.00611. The second kappa shape index (κ2) is 5.53. The number of carbonyl (C=O) groups excluding carboxylic acids is 1. The summed E-state index contributed by atoms with van der Waals surface area (Å²) in [5.74, 6) is 0.710. The Balaban J connectivity index is 1.79. The van der Waals surface area contributed by atoms with Gasteiger partial charge in [0.1, 0.15) is 17.3 Å². The van der Waals surface area contributed by atoms with Crippen molar-refractivity contribution in [2.45, 2.75) is 58.2 Å². The van der Waals surface area contributed by atoms with Crippen molar-refractivity contribution in [1.29, 1.82) is 0 Å². The van der Waals surface area contributed by atoms with E-state index in [1.54, 1.807) is 4.90 Å². The quantitative estimate of drug-likeness (QED) is 0.915. The molecule has 1 aliphatic carbocycles. The van der Waals surface area contributed by atoms with E-state index in [1.807, 2.05) is 25.5 Å². The molecule has 2 aliphatic rings. The molecule has 1 atom stereocenters. The van der Waals surface area contributed by atoms with Crippen molar-refractivity contribution < 1.29 is 14.6 Å². The molecule has 1 aromatic heterocycles. The lowest BCUT2D eigenvalue weighted by Crippen LogP contribution is -2.44. The van der Waals surface area contributed by atoms with Crippen LogP contribution in [0.2, 0.25) is 0 Å². The molecule has 1 amide bonds. The van der Waals surface area contributed by atoms with Crippen molar-refractivity contribution in [1.82, 2.24) is 19.9 Å². The first kappa shape index (κ1) is 15.3. The van der Waals surface area contributed by atoms with Crippen LogP contribution in [0, 0.1) is 5.92 Å². The first-order valence-electron chi connectivity index (χ1n) is 7.92. The van der Waals surface area contributed by atoms with Gasteiger partial charge in [-0.1, -0.05) is 5.21 Å². The van der Waals surface area contributed by atoms with Gasteiger partial charge in [-0.25, -0.2) is 9.48 Å². The van der Waals surface area contributed by atoms with E-state index in [4.69, 9.17) is 4.74 Å². The number of carbonyl (C=O) groups is 1. The fourth-order valence-electron chi connectivity index (χ4n) is 2.81. The monoisotopic (exact) mass is 308 g/mol. The summed E-state index contributed by atoms with van der Waals surface area (Å²) in [4.78, 5) is 13.9. The number of amides is 1. The molecular weight excluding hydrogens is 284 g/mol. The van der Waals surface area contributed by atoms with Crippen LogP contribution < -0.4 is 0 Å². The second-order valence-corrected chi connectivity index (χ2v) is 7.17. The van der Waals surface area contributed by atoms with E-state index in [0.29, 0.717) is 24.6 Å². The average Bonchev–Trinajstić information content (AvgIpc) is 3.15. The molecule has 0 bridgehead atoms. The summed E-state index contributed by atoms with van der Waals surface area (Å²) in [5, 5.41) is 18.2. The van der Waals surface area contributed by atoms with Crippen LogP contribution in [0.1, 0.15) is 51.0 Å². The second-order valence-electron chi connectivity index (χ2n) is 7.17. The maximum atomic E-state index is 12.3. The summed E-state index contributed by atoms with van der Waals surface area (Å²) in [6.07, 6.45) is 2.79. The van der Waals surface area contributed by atoms with Gasteiger partial charge >= 0.3 is 6.09 Å². The zero-order valence-corrected chi connectivity index (χ0v) is 13.4. The Hall–Kier alpha value is -1.63. The molecule has 1 N–H and O–H groups in total. The molecular formula is C15H24N4O3. The van der Waals surface area contributed by atoms with E-state index in [1.165, 1.54) is 12.8 Å². The Morgan fingerprint density at radius 2 is 2.14 bits per heavy atom. The summed E-state index contributed by atoms with van der Waals surface area (Å²) in [6.45, 7) is 6.74. The van der Waals surface area contributed by atoms with Gasteiger partial charge in [-0.05, 0) is 39.5 Å². The third-order valence-electron chi connectivity index (χ3n) is 4.08. The fraction of sp³-hybridized carbons (Fsp3) is 0.800. The van der Waals surface area contributed by atoms with Gasteiger partial charge in [0.25, 0.3) is 0 Å². The molecule has 22 heavy (non-hydrogen) atoms. The third-order valence-corrected chi connectivity index (χ3v) is 4.08. The van der Waals surface area contributed by atoms with Gasteiger partial charge in [0.2, 0.25) is 0 Å². The highest BCUT2D eigenvalue weighted by atomic mass is 16.6. The van der Waals surface area contributed by atoms with Crippen molar-refractivity contribution in [3.05, 3.63) is 11.4 Å². The van der Waals surface area contributed by atoms with Gasteiger partial charge in [0, 0.05) is 19.5 Å². The number of rotatable bonds is 3. The van der Waals surface area contributed by atoms with Crippen molar-refractivity contribution in [2.24, 2.45) is 5.92 Å². The topological polar surface area (TPSA) is 80.5 Å². The predicted octanol–water partition coefficient (Wildman–Crippen LogP) is 1.51. The van der Waals surface area contributed by atoms with Crippen LogP contribution in [0.15, 0.2) is 0 Å². The lowest BCUT2D eigenvalue weighted by Gasteiger charge is -2.35. The Kier molecular flexibility index (Phi) is 3.84. The smallest absolute Gasteiger partial charge is 0.410 e. The number of ether oxygens (including phenoxy) is 1. The molecule has 0 unspecified atom stereocenters. The van der Waals surface area contributed by atoms with Gasteiger partial charge in [-0.15, -0.1) is 5.10 Å². The van der Waals surface area contributed by atoms with Crippen molar-refractivity contribution >= 4 is 6.09 Å². The Labute approximate surface area is 130 Å². The minimum atomic E-state index is -0.555. The Morgan fingerprint density at radius 1 is 1.41 bits per heavy atom. The summed E-state index contributed by atoms with van der Waals surface area (Å²) in [7, 11) is 0. The van der Waals surface area contributed by atoms with Crippen LogP contribution in [0.4, 0.5) is 4.79 Å². The average molecular weight is 308 g/mol. The largest absolute Gasteiger partial charge is 0.444 e. The molecule has 1 saturated carbocycles. The van der Waals surface area contributed by atoms with Crippen molar-refractivity contribution in [3.8, 4) is 0 Å². The van der Waals surface area contributed by atoms with E-state index in [9.17, 15) is 9.90 Å². The zero-order valence-electron chi connectivity index (χ0n) is 13.4. The van der Waals surface area contributed by atoms with Crippen LogP contribution >= 0.6 is 0 Å². The molecule has 0 saturated heterocycles. The number of nitrogens with zero attached hydrogens (tertiary/aromatic N) is 4. The van der Waals surface area contributed by atoms with Crippen molar-refractivity contribution in [3.63, 3.8) is 0 Å². The van der Waals surface area contributed by atoms with Gasteiger partial charge in [-0.2, -0.15) is 0 Å². The molecule has 1 aromatic rings. The van der Waals surface area contributed by atoms with Crippen LogP contribution in [-0.2, 0) is 17.7 Å². The lowest BCUT2D eigenvalue weighted by atomic mass is 10.0. The van der Waals surface area contributed by atoms with Gasteiger partial charge in [0.05, 0.1) is 12.3 Å². The highest BCUT2D eigenvalue weighted by Gasteiger charge is 2.37. The Bertz CT molecular complexity index is 560. The van der Waals surface area contributed by atoms with Crippen LogP contribution in [0.5, 0.6) is 0 Å². The molecule has 0 radical (unpaired) electrons. The highest BCUT2D eigenvalue weighted by molar-refractivity contribution is 5.69. The zero-order chi connectivity index (χ0) is 15.9. The fourth-order valence-corrected chi connectivity index (χ4v) is 2.81. The minimum absolute atomic E-state index is 0.172. The first-order chi connectivity index (χ1) is 10.4. The number of aliphatic hydroxyl groups excluding tert-OH is 1. The Morgan fingerprint density at radius 3 is 2.73 bits per heavy atom. The van der Waals surface area contributed by atoms with Gasteiger partial charge < -0.3 is 9.84 Å². The number of hydrogen-bond acceptors (Lipinski definition) is 5. The maximum absolute atomic E-state index is 12.3. The van der Waals surface area contributed by atoms with E-state index >= 15 is 0 Å². The normalized spacial score (nSPS) is 21.6.